The van der Waals surface area contributed by atoms with Gasteiger partial charge in [-0.25, -0.2) is 4.99 Å². The van der Waals surface area contributed by atoms with Gasteiger partial charge in [-0.1, -0.05) is 32.6 Å². The highest BCUT2D eigenvalue weighted by atomic mass is 127. The first kappa shape index (κ1) is 22.4. The molecule has 0 amide bonds. The number of aromatic nitrogens is 3. The fourth-order valence-corrected chi connectivity index (χ4v) is 4.33. The maximum Gasteiger partial charge on any atom is 0.192 e. The van der Waals surface area contributed by atoms with Crippen LogP contribution in [0.4, 0.5) is 0 Å². The number of nitrogens with zero attached hydrogens (tertiary/aromatic N) is 4. The predicted octanol–water partition coefficient (Wildman–Crippen LogP) is 4.08. The van der Waals surface area contributed by atoms with Crippen LogP contribution in [0.25, 0.3) is 0 Å². The molecular weight excluding hydrogens is 451 g/mol. The van der Waals surface area contributed by atoms with E-state index in [9.17, 15) is 0 Å². The van der Waals surface area contributed by atoms with Crippen molar-refractivity contribution in [3.8, 4) is 0 Å². The minimum absolute atomic E-state index is 0. The standard InChI is InChI=1S/C20H36N6.HI/c1-4-7-16-10-12-18(13-11-16)23-20(22-17-8-5-6-9-17)21-14-19-25-24-15(2)26(19)3;/h16-18H,4-14H2,1-3H3,(H2,21,22,23);1H. The molecule has 0 aliphatic heterocycles. The molecule has 0 saturated heterocycles. The van der Waals surface area contributed by atoms with Crippen LogP contribution in [0.1, 0.15) is 82.8 Å². The Morgan fingerprint density at radius 1 is 1.04 bits per heavy atom. The molecule has 6 nitrogen and oxygen atoms in total. The van der Waals surface area contributed by atoms with Gasteiger partial charge in [0.2, 0.25) is 0 Å². The maximum absolute atomic E-state index is 4.85. The molecule has 154 valence electrons. The van der Waals surface area contributed by atoms with Crippen molar-refractivity contribution in [1.29, 1.82) is 0 Å². The summed E-state index contributed by atoms with van der Waals surface area (Å²) in [6.07, 6.45) is 13.1. The van der Waals surface area contributed by atoms with Gasteiger partial charge >= 0.3 is 0 Å². The smallest absolute Gasteiger partial charge is 0.192 e. The van der Waals surface area contributed by atoms with E-state index >= 15 is 0 Å². The second-order valence-electron chi connectivity index (χ2n) is 8.16. The van der Waals surface area contributed by atoms with Crippen LogP contribution in [0.15, 0.2) is 4.99 Å². The van der Waals surface area contributed by atoms with Crippen molar-refractivity contribution in [3.63, 3.8) is 0 Å². The average molecular weight is 488 g/mol. The van der Waals surface area contributed by atoms with E-state index in [1.54, 1.807) is 0 Å². The lowest BCUT2D eigenvalue weighted by molar-refractivity contribution is 0.294. The van der Waals surface area contributed by atoms with Gasteiger partial charge in [-0.15, -0.1) is 34.2 Å². The molecule has 0 bridgehead atoms. The van der Waals surface area contributed by atoms with Crippen LogP contribution in [0.3, 0.4) is 0 Å². The number of aliphatic imine (C=N–C) groups is 1. The second kappa shape index (κ2) is 11.2. The number of rotatable bonds is 6. The molecule has 0 spiro atoms. The molecule has 0 aromatic carbocycles. The molecule has 0 atom stereocenters. The highest BCUT2D eigenvalue weighted by molar-refractivity contribution is 14.0. The SMILES string of the molecule is CCCC1CCC(NC(=NCc2nnc(C)n2C)NC2CCCC2)CC1.I. The van der Waals surface area contributed by atoms with Crippen molar-refractivity contribution >= 4 is 29.9 Å². The molecule has 1 aromatic rings. The van der Waals surface area contributed by atoms with Gasteiger partial charge in [0, 0.05) is 19.1 Å². The van der Waals surface area contributed by atoms with Crippen molar-refractivity contribution in [2.45, 2.75) is 96.7 Å². The summed E-state index contributed by atoms with van der Waals surface area (Å²) in [6.45, 7) is 4.85. The number of nitrogens with one attached hydrogen (secondary N) is 2. The Labute approximate surface area is 181 Å². The first-order valence-electron chi connectivity index (χ1n) is 10.6. The Bertz CT molecular complexity index is 585. The molecule has 2 aliphatic carbocycles. The minimum Gasteiger partial charge on any atom is -0.354 e. The number of hydrogen-bond donors (Lipinski definition) is 2. The Morgan fingerprint density at radius 3 is 2.22 bits per heavy atom. The summed E-state index contributed by atoms with van der Waals surface area (Å²) in [6, 6.07) is 1.12. The van der Waals surface area contributed by atoms with Gasteiger partial charge in [0.15, 0.2) is 11.8 Å². The van der Waals surface area contributed by atoms with Crippen molar-refractivity contribution in [2.75, 3.05) is 0 Å². The fourth-order valence-electron chi connectivity index (χ4n) is 4.33. The number of aryl methyl sites for hydroxylation is 1. The van der Waals surface area contributed by atoms with Crippen molar-refractivity contribution in [3.05, 3.63) is 11.6 Å². The quantitative estimate of drug-likeness (QED) is 0.360. The zero-order chi connectivity index (χ0) is 18.4. The first-order valence-corrected chi connectivity index (χ1v) is 10.6. The molecule has 27 heavy (non-hydrogen) atoms. The van der Waals surface area contributed by atoms with Gasteiger partial charge < -0.3 is 15.2 Å². The van der Waals surface area contributed by atoms with Crippen LogP contribution >= 0.6 is 24.0 Å². The van der Waals surface area contributed by atoms with E-state index in [0.717, 1.165) is 23.5 Å². The van der Waals surface area contributed by atoms with Crippen molar-refractivity contribution < 1.29 is 0 Å². The fraction of sp³-hybridized carbons (Fsp3) is 0.850. The molecule has 1 aromatic heterocycles. The van der Waals surface area contributed by atoms with E-state index in [4.69, 9.17) is 4.99 Å². The molecule has 7 heteroatoms. The zero-order valence-corrected chi connectivity index (χ0v) is 19.5. The highest BCUT2D eigenvalue weighted by Crippen LogP contribution is 2.27. The van der Waals surface area contributed by atoms with Crippen LogP contribution in [0, 0.1) is 12.8 Å². The summed E-state index contributed by atoms with van der Waals surface area (Å²) in [5.74, 6) is 3.75. The van der Waals surface area contributed by atoms with Gasteiger partial charge in [0.05, 0.1) is 0 Å². The molecule has 0 radical (unpaired) electrons. The summed E-state index contributed by atoms with van der Waals surface area (Å²) in [7, 11) is 2.01. The monoisotopic (exact) mass is 488 g/mol. The summed E-state index contributed by atoms with van der Waals surface area (Å²) in [5, 5.41) is 15.8. The van der Waals surface area contributed by atoms with Crippen molar-refractivity contribution in [2.24, 2.45) is 18.0 Å². The van der Waals surface area contributed by atoms with Gasteiger partial charge in [-0.05, 0) is 51.4 Å². The molecule has 0 unspecified atom stereocenters. The summed E-state index contributed by atoms with van der Waals surface area (Å²) in [4.78, 5) is 4.85. The Morgan fingerprint density at radius 2 is 1.67 bits per heavy atom. The third kappa shape index (κ3) is 6.61. The molecule has 2 N–H and O–H groups in total. The number of halogens is 1. The predicted molar refractivity (Wildman–Crippen MR) is 121 cm³/mol. The van der Waals surface area contributed by atoms with E-state index in [1.165, 1.54) is 64.2 Å². The summed E-state index contributed by atoms with van der Waals surface area (Å²) < 4.78 is 2.02. The summed E-state index contributed by atoms with van der Waals surface area (Å²) in [5.41, 5.74) is 0. The molecule has 2 fully saturated rings. The van der Waals surface area contributed by atoms with Crippen LogP contribution in [0.2, 0.25) is 0 Å². The lowest BCUT2D eigenvalue weighted by atomic mass is 9.83. The largest absolute Gasteiger partial charge is 0.354 e. The molecule has 1 heterocycles. The highest BCUT2D eigenvalue weighted by Gasteiger charge is 2.23. The van der Waals surface area contributed by atoms with E-state index in [1.807, 2.05) is 18.5 Å². The van der Waals surface area contributed by atoms with E-state index in [0.29, 0.717) is 18.6 Å². The van der Waals surface area contributed by atoms with Crippen LogP contribution < -0.4 is 10.6 Å². The van der Waals surface area contributed by atoms with Crippen LogP contribution in [-0.4, -0.2) is 32.8 Å². The normalized spacial score (nSPS) is 23.9. The Kier molecular flexibility index (Phi) is 9.32. The number of hydrogen-bond acceptors (Lipinski definition) is 3. The van der Waals surface area contributed by atoms with E-state index in [2.05, 4.69) is 27.8 Å². The second-order valence-corrected chi connectivity index (χ2v) is 8.16. The maximum atomic E-state index is 4.85. The van der Waals surface area contributed by atoms with E-state index < -0.39 is 0 Å². The van der Waals surface area contributed by atoms with Gasteiger partial charge in [-0.2, -0.15) is 0 Å². The summed E-state index contributed by atoms with van der Waals surface area (Å²) >= 11 is 0. The topological polar surface area (TPSA) is 67.1 Å². The molecular formula is C20H37IN6. The Hall–Kier alpha value is -0.860. The van der Waals surface area contributed by atoms with Crippen LogP contribution in [-0.2, 0) is 13.6 Å². The van der Waals surface area contributed by atoms with Gasteiger partial charge in [0.1, 0.15) is 12.4 Å². The zero-order valence-electron chi connectivity index (χ0n) is 17.2. The van der Waals surface area contributed by atoms with E-state index in [-0.39, 0.29) is 24.0 Å². The van der Waals surface area contributed by atoms with Crippen molar-refractivity contribution in [1.82, 2.24) is 25.4 Å². The molecule has 2 aliphatic rings. The average Bonchev–Trinajstić information content (AvgIpc) is 3.26. The first-order chi connectivity index (χ1) is 12.7. The lowest BCUT2D eigenvalue weighted by Gasteiger charge is -2.30. The third-order valence-corrected chi connectivity index (χ3v) is 6.14. The third-order valence-electron chi connectivity index (χ3n) is 6.14. The van der Waals surface area contributed by atoms with Gasteiger partial charge in [0.25, 0.3) is 0 Å². The van der Waals surface area contributed by atoms with Gasteiger partial charge in [-0.3, -0.25) is 0 Å². The Balaban J connectivity index is 0.00000261. The lowest BCUT2D eigenvalue weighted by Crippen LogP contribution is -2.47. The number of guanidine groups is 1. The minimum atomic E-state index is 0. The molecule has 2 saturated carbocycles. The molecule has 3 rings (SSSR count). The van der Waals surface area contributed by atoms with Crippen LogP contribution in [0.5, 0.6) is 0 Å².